The molecule has 0 radical (unpaired) electrons. The second-order valence-electron chi connectivity index (χ2n) is 6.54. The highest BCUT2D eigenvalue weighted by Gasteiger charge is 2.26. The van der Waals surface area contributed by atoms with Gasteiger partial charge in [-0.15, -0.1) is 11.8 Å². The molecular weight excluding hydrogens is 417 g/mol. The number of rotatable bonds is 4. The van der Waals surface area contributed by atoms with E-state index in [2.05, 4.69) is 4.98 Å². The van der Waals surface area contributed by atoms with E-state index >= 15 is 0 Å². The Bertz CT molecular complexity index is 851. The monoisotopic (exact) mass is 437 g/mol. The molecule has 0 N–H and O–H groups in total. The highest BCUT2D eigenvalue weighted by atomic mass is 35.5. The van der Waals surface area contributed by atoms with Crippen LogP contribution in [0.1, 0.15) is 23.7 Å². The predicted molar refractivity (Wildman–Crippen MR) is 113 cm³/mol. The minimum absolute atomic E-state index is 0.0233. The van der Waals surface area contributed by atoms with Gasteiger partial charge < -0.3 is 9.80 Å². The van der Waals surface area contributed by atoms with Crippen molar-refractivity contribution in [2.75, 3.05) is 26.2 Å². The van der Waals surface area contributed by atoms with Crippen molar-refractivity contribution >= 4 is 46.8 Å². The van der Waals surface area contributed by atoms with Crippen molar-refractivity contribution < 1.29 is 9.59 Å². The van der Waals surface area contributed by atoms with Crippen molar-refractivity contribution in [1.82, 2.24) is 14.8 Å². The van der Waals surface area contributed by atoms with Crippen LogP contribution < -0.4 is 0 Å². The summed E-state index contributed by atoms with van der Waals surface area (Å²) in [4.78, 5) is 33.9. The molecule has 8 heteroatoms. The largest absolute Gasteiger partial charge is 0.340 e. The van der Waals surface area contributed by atoms with Gasteiger partial charge in [-0.05, 0) is 43.7 Å². The molecule has 1 aliphatic heterocycles. The molecule has 1 fully saturated rings. The summed E-state index contributed by atoms with van der Waals surface area (Å²) in [6, 6.07) is 8.66. The highest BCUT2D eigenvalue weighted by molar-refractivity contribution is 8.00. The number of carbonyl (C=O) groups excluding carboxylic acids is 2. The average Bonchev–Trinajstić information content (AvgIpc) is 2.96. The van der Waals surface area contributed by atoms with Crippen molar-refractivity contribution in [3.8, 4) is 0 Å². The van der Waals surface area contributed by atoms with Crippen molar-refractivity contribution in [3.63, 3.8) is 0 Å². The third-order valence-electron chi connectivity index (χ3n) is 4.57. The van der Waals surface area contributed by atoms with Gasteiger partial charge in [0.2, 0.25) is 5.91 Å². The maximum absolute atomic E-state index is 12.9. The average molecular weight is 438 g/mol. The molecule has 0 spiro atoms. The first-order valence-electron chi connectivity index (χ1n) is 9.05. The second-order valence-corrected chi connectivity index (χ2v) is 8.77. The standard InChI is InChI=1S/C20H21Cl2N3O2S/c1-14(28-18-13-16(21)3-4-17(18)22)19(26)24-9-2-10-25(12-11-24)20(27)15-5-7-23-8-6-15/h3-8,13-14H,2,9-12H2,1H3. The van der Waals surface area contributed by atoms with E-state index in [1.54, 1.807) is 47.6 Å². The van der Waals surface area contributed by atoms with E-state index < -0.39 is 0 Å². The fourth-order valence-electron chi connectivity index (χ4n) is 3.08. The third-order valence-corrected chi connectivity index (χ3v) is 6.39. The van der Waals surface area contributed by atoms with Crippen molar-refractivity contribution in [2.24, 2.45) is 0 Å². The number of benzene rings is 1. The van der Waals surface area contributed by atoms with Gasteiger partial charge in [0.15, 0.2) is 0 Å². The third kappa shape index (κ3) is 5.19. The number of aromatic nitrogens is 1. The zero-order chi connectivity index (χ0) is 20.1. The fraction of sp³-hybridized carbons (Fsp3) is 0.350. The SMILES string of the molecule is CC(Sc1cc(Cl)ccc1Cl)C(=O)N1CCCN(C(=O)c2ccncc2)CC1. The highest BCUT2D eigenvalue weighted by Crippen LogP contribution is 2.33. The number of halogens is 2. The molecule has 0 saturated carbocycles. The van der Waals surface area contributed by atoms with Crippen LogP contribution in [0.25, 0.3) is 0 Å². The van der Waals surface area contributed by atoms with Gasteiger partial charge in [0.25, 0.3) is 5.91 Å². The molecule has 1 unspecified atom stereocenters. The van der Waals surface area contributed by atoms with Crippen LogP contribution in [0.15, 0.2) is 47.6 Å². The molecule has 1 aromatic carbocycles. The van der Waals surface area contributed by atoms with Gasteiger partial charge in [0, 0.05) is 54.1 Å². The number of hydrogen-bond acceptors (Lipinski definition) is 4. The molecule has 1 aromatic heterocycles. The van der Waals surface area contributed by atoms with E-state index in [4.69, 9.17) is 23.2 Å². The molecule has 1 aliphatic rings. The van der Waals surface area contributed by atoms with Gasteiger partial charge >= 0.3 is 0 Å². The van der Waals surface area contributed by atoms with E-state index in [1.807, 2.05) is 11.8 Å². The summed E-state index contributed by atoms with van der Waals surface area (Å²) in [5, 5.41) is 0.879. The van der Waals surface area contributed by atoms with Gasteiger partial charge in [-0.1, -0.05) is 23.2 Å². The van der Waals surface area contributed by atoms with Gasteiger partial charge in [-0.25, -0.2) is 0 Å². The maximum Gasteiger partial charge on any atom is 0.254 e. The van der Waals surface area contributed by atoms with E-state index in [-0.39, 0.29) is 17.1 Å². The Labute approximate surface area is 179 Å². The lowest BCUT2D eigenvalue weighted by molar-refractivity contribution is -0.130. The first-order chi connectivity index (χ1) is 13.5. The van der Waals surface area contributed by atoms with Crippen LogP contribution in [-0.2, 0) is 4.79 Å². The maximum atomic E-state index is 12.9. The van der Waals surface area contributed by atoms with Crippen LogP contribution >= 0.6 is 35.0 Å². The van der Waals surface area contributed by atoms with Crippen molar-refractivity contribution in [1.29, 1.82) is 0 Å². The fourth-order valence-corrected chi connectivity index (χ4v) is 4.58. The van der Waals surface area contributed by atoms with Crippen LogP contribution in [0.3, 0.4) is 0 Å². The number of carbonyl (C=O) groups is 2. The second kappa shape index (κ2) is 9.63. The molecule has 5 nitrogen and oxygen atoms in total. The van der Waals surface area contributed by atoms with Crippen molar-refractivity contribution in [3.05, 3.63) is 58.3 Å². The minimum Gasteiger partial charge on any atom is -0.340 e. The molecule has 1 atom stereocenters. The lowest BCUT2D eigenvalue weighted by Gasteiger charge is -2.25. The molecule has 28 heavy (non-hydrogen) atoms. The van der Waals surface area contributed by atoms with Crippen LogP contribution in [0.5, 0.6) is 0 Å². The Balaban J connectivity index is 1.60. The van der Waals surface area contributed by atoms with E-state index in [0.29, 0.717) is 41.8 Å². The number of pyridine rings is 1. The Kier molecular flexibility index (Phi) is 7.21. The topological polar surface area (TPSA) is 53.5 Å². The Morgan fingerprint density at radius 2 is 1.71 bits per heavy atom. The Morgan fingerprint density at radius 1 is 1.04 bits per heavy atom. The summed E-state index contributed by atoms with van der Waals surface area (Å²) in [5.74, 6) is 0.0177. The van der Waals surface area contributed by atoms with E-state index in [1.165, 1.54) is 11.8 Å². The number of thioether (sulfide) groups is 1. The lowest BCUT2D eigenvalue weighted by Crippen LogP contribution is -2.40. The normalized spacial score (nSPS) is 15.8. The summed E-state index contributed by atoms with van der Waals surface area (Å²) in [6.07, 6.45) is 3.97. The molecule has 3 rings (SSSR count). The summed E-state index contributed by atoms with van der Waals surface area (Å²) in [6.45, 7) is 4.17. The molecule has 2 aromatic rings. The van der Waals surface area contributed by atoms with Crippen LogP contribution in [0.2, 0.25) is 10.0 Å². The molecule has 0 aliphatic carbocycles. The Hall–Kier alpha value is -1.76. The quantitative estimate of drug-likeness (QED) is 0.670. The van der Waals surface area contributed by atoms with Gasteiger partial charge in [-0.2, -0.15) is 0 Å². The summed E-state index contributed by atoms with van der Waals surface area (Å²) in [5.41, 5.74) is 0.620. The zero-order valence-electron chi connectivity index (χ0n) is 15.5. The van der Waals surface area contributed by atoms with Gasteiger partial charge in [0.1, 0.15) is 0 Å². The predicted octanol–water partition coefficient (Wildman–Crippen LogP) is 4.24. The van der Waals surface area contributed by atoms with Crippen LogP contribution in [0.4, 0.5) is 0 Å². The molecule has 2 amide bonds. The first kappa shape index (κ1) is 21.0. The molecular formula is C20H21Cl2N3O2S. The zero-order valence-corrected chi connectivity index (χ0v) is 17.8. The summed E-state index contributed by atoms with van der Waals surface area (Å²) in [7, 11) is 0. The van der Waals surface area contributed by atoms with Gasteiger partial charge in [-0.3, -0.25) is 14.6 Å². The Morgan fingerprint density at radius 3 is 2.46 bits per heavy atom. The molecule has 1 saturated heterocycles. The first-order valence-corrected chi connectivity index (χ1v) is 10.7. The lowest BCUT2D eigenvalue weighted by atomic mass is 10.2. The summed E-state index contributed by atoms with van der Waals surface area (Å²) < 4.78 is 0. The van der Waals surface area contributed by atoms with E-state index in [0.717, 1.165) is 11.3 Å². The van der Waals surface area contributed by atoms with E-state index in [9.17, 15) is 9.59 Å². The number of hydrogen-bond donors (Lipinski definition) is 0. The number of amides is 2. The molecule has 0 bridgehead atoms. The summed E-state index contributed by atoms with van der Waals surface area (Å²) >= 11 is 13.7. The number of nitrogens with zero attached hydrogens (tertiary/aromatic N) is 3. The van der Waals surface area contributed by atoms with Crippen molar-refractivity contribution in [2.45, 2.75) is 23.5 Å². The van der Waals surface area contributed by atoms with Crippen LogP contribution in [-0.4, -0.2) is 58.0 Å². The smallest absolute Gasteiger partial charge is 0.254 e. The van der Waals surface area contributed by atoms with Crippen LogP contribution in [0, 0.1) is 0 Å². The molecule has 2 heterocycles. The minimum atomic E-state index is -0.293. The molecule has 148 valence electrons. The van der Waals surface area contributed by atoms with Gasteiger partial charge in [0.05, 0.1) is 10.3 Å².